The molecular formula is C51H99NO10. The van der Waals surface area contributed by atoms with Crippen LogP contribution in [0.1, 0.15) is 239 Å². The van der Waals surface area contributed by atoms with Gasteiger partial charge in [0.1, 0.15) is 36.6 Å². The maximum Gasteiger partial charge on any atom is 0.249 e. The summed E-state index contributed by atoms with van der Waals surface area (Å²) in [4.78, 5) is 13.1. The van der Waals surface area contributed by atoms with Gasteiger partial charge < -0.3 is 50.5 Å². The van der Waals surface area contributed by atoms with Crippen LogP contribution >= 0.6 is 0 Å². The third-order valence-corrected chi connectivity index (χ3v) is 12.8. The first-order valence-electron chi connectivity index (χ1n) is 26.1. The first-order valence-corrected chi connectivity index (χ1v) is 26.1. The Kier molecular flexibility index (Phi) is 39.2. The molecule has 1 aliphatic rings. The quantitative estimate of drug-likeness (QED) is 0.0216. The number of ether oxygens (including phenoxy) is 2. The van der Waals surface area contributed by atoms with Crippen molar-refractivity contribution >= 4 is 5.91 Å². The summed E-state index contributed by atoms with van der Waals surface area (Å²) in [5.74, 6) is -0.703. The highest BCUT2D eigenvalue weighted by molar-refractivity contribution is 5.80. The predicted molar refractivity (Wildman–Crippen MR) is 252 cm³/mol. The SMILES string of the molecule is CCCCCCCCC/C=C/CCC[C@@H](O)[C@@H](O)[C@H](CO[C@@H]1O[C@H](CO)[C@@H](O)[C@H](O)[C@H]1O)NC(=O)[C@H](O)CCCCCCCCCCCCCCCCCCCCCCCCC. The third-order valence-electron chi connectivity index (χ3n) is 12.8. The summed E-state index contributed by atoms with van der Waals surface area (Å²) in [5.41, 5.74) is 0. The number of hydrogen-bond donors (Lipinski definition) is 8. The smallest absolute Gasteiger partial charge is 0.249 e. The van der Waals surface area contributed by atoms with E-state index in [1.54, 1.807) is 0 Å². The number of nitrogens with one attached hydrogen (secondary N) is 1. The largest absolute Gasteiger partial charge is 0.394 e. The number of aliphatic hydroxyl groups is 7. The van der Waals surface area contributed by atoms with Gasteiger partial charge in [-0.05, 0) is 38.5 Å². The molecule has 0 aromatic rings. The highest BCUT2D eigenvalue weighted by Gasteiger charge is 2.44. The van der Waals surface area contributed by atoms with Crippen molar-refractivity contribution in [3.63, 3.8) is 0 Å². The summed E-state index contributed by atoms with van der Waals surface area (Å²) in [6.45, 7) is 3.43. The van der Waals surface area contributed by atoms with Crippen LogP contribution in [0.25, 0.3) is 0 Å². The van der Waals surface area contributed by atoms with Gasteiger partial charge in [-0.3, -0.25) is 4.79 Å². The van der Waals surface area contributed by atoms with Crippen molar-refractivity contribution in [3.8, 4) is 0 Å². The van der Waals surface area contributed by atoms with Gasteiger partial charge in [-0.2, -0.15) is 0 Å². The normalized spacial score (nSPS) is 21.3. The van der Waals surface area contributed by atoms with E-state index < -0.39 is 74.2 Å². The molecule has 1 rings (SSSR count). The zero-order valence-electron chi connectivity index (χ0n) is 39.9. The molecule has 0 saturated carbocycles. The topological polar surface area (TPSA) is 189 Å². The monoisotopic (exact) mass is 886 g/mol. The maximum absolute atomic E-state index is 13.1. The first-order chi connectivity index (χ1) is 30.2. The molecule has 0 aromatic heterocycles. The Hall–Kier alpha value is -1.15. The third kappa shape index (κ3) is 30.1. The average Bonchev–Trinajstić information content (AvgIpc) is 3.27. The lowest BCUT2D eigenvalue weighted by atomic mass is 9.98. The van der Waals surface area contributed by atoms with E-state index in [1.807, 2.05) is 0 Å². The summed E-state index contributed by atoms with van der Waals surface area (Å²) in [6, 6.07) is -1.18. The summed E-state index contributed by atoms with van der Waals surface area (Å²) < 4.78 is 11.1. The molecule has 1 amide bonds. The van der Waals surface area contributed by atoms with Crippen molar-refractivity contribution in [2.24, 2.45) is 0 Å². The van der Waals surface area contributed by atoms with Crippen LogP contribution in [0.2, 0.25) is 0 Å². The van der Waals surface area contributed by atoms with Gasteiger partial charge in [-0.1, -0.05) is 212 Å². The van der Waals surface area contributed by atoms with Crippen molar-refractivity contribution in [1.29, 1.82) is 0 Å². The van der Waals surface area contributed by atoms with Gasteiger partial charge in [0, 0.05) is 0 Å². The molecule has 11 heteroatoms. The molecule has 1 heterocycles. The summed E-state index contributed by atoms with van der Waals surface area (Å²) in [6.07, 6.45) is 34.2. The number of carbonyl (C=O) groups is 1. The Labute approximate surface area is 379 Å². The Morgan fingerprint density at radius 3 is 1.39 bits per heavy atom. The molecule has 1 saturated heterocycles. The van der Waals surface area contributed by atoms with Crippen LogP contribution in [0.15, 0.2) is 12.2 Å². The van der Waals surface area contributed by atoms with Gasteiger partial charge in [0.05, 0.1) is 25.4 Å². The van der Waals surface area contributed by atoms with Crippen LogP contribution in [0.3, 0.4) is 0 Å². The molecule has 8 N–H and O–H groups in total. The van der Waals surface area contributed by atoms with E-state index in [-0.39, 0.29) is 12.8 Å². The second-order valence-corrected chi connectivity index (χ2v) is 18.6. The van der Waals surface area contributed by atoms with E-state index in [4.69, 9.17) is 9.47 Å². The van der Waals surface area contributed by atoms with Crippen LogP contribution in [0, 0.1) is 0 Å². The van der Waals surface area contributed by atoms with Gasteiger partial charge in [0.25, 0.3) is 0 Å². The number of hydrogen-bond acceptors (Lipinski definition) is 10. The Morgan fingerprint density at radius 1 is 0.548 bits per heavy atom. The number of rotatable bonds is 44. The number of carbonyl (C=O) groups excluding carboxylic acids is 1. The fourth-order valence-corrected chi connectivity index (χ4v) is 8.50. The molecule has 11 nitrogen and oxygen atoms in total. The van der Waals surface area contributed by atoms with E-state index in [2.05, 4.69) is 31.3 Å². The van der Waals surface area contributed by atoms with Gasteiger partial charge in [0.2, 0.25) is 5.91 Å². The minimum absolute atomic E-state index is 0.259. The Bertz CT molecular complexity index is 1020. The molecule has 1 fully saturated rings. The van der Waals surface area contributed by atoms with E-state index in [1.165, 1.54) is 161 Å². The first kappa shape index (κ1) is 58.9. The lowest BCUT2D eigenvalue weighted by Crippen LogP contribution is -2.60. The molecular weight excluding hydrogens is 787 g/mol. The minimum Gasteiger partial charge on any atom is -0.394 e. The standard InChI is InChI=1S/C51H99NO10/c1-3-5-7-9-11-13-15-17-18-19-20-21-22-23-24-25-26-27-29-31-33-35-37-39-44(55)50(60)52-42(41-61-51-49(59)48(58)47(57)45(40-53)62-51)46(56)43(54)38-36-34-32-30-28-16-14-12-10-8-6-4-2/h30,32,42-49,51,53-59H,3-29,31,33-41H2,1-2H3,(H,52,60)/b32-30+/t42-,43+,44+,45+,46-,47+,48-,49+,51+/m0/s1. The number of allylic oxidation sites excluding steroid dienone is 2. The molecule has 1 aliphatic heterocycles. The van der Waals surface area contributed by atoms with Crippen molar-refractivity contribution in [2.45, 2.75) is 294 Å². The van der Waals surface area contributed by atoms with Crippen LogP contribution in [0.5, 0.6) is 0 Å². The van der Waals surface area contributed by atoms with Gasteiger partial charge >= 0.3 is 0 Å². The second-order valence-electron chi connectivity index (χ2n) is 18.6. The van der Waals surface area contributed by atoms with Crippen molar-refractivity contribution in [1.82, 2.24) is 5.32 Å². The molecule has 0 aliphatic carbocycles. The van der Waals surface area contributed by atoms with E-state index in [0.717, 1.165) is 38.5 Å². The molecule has 0 aromatic carbocycles. The highest BCUT2D eigenvalue weighted by atomic mass is 16.7. The highest BCUT2D eigenvalue weighted by Crippen LogP contribution is 2.23. The Morgan fingerprint density at radius 2 is 0.952 bits per heavy atom. The molecule has 0 spiro atoms. The van der Waals surface area contributed by atoms with Crippen molar-refractivity contribution < 1.29 is 50.0 Å². The van der Waals surface area contributed by atoms with Crippen LogP contribution < -0.4 is 5.32 Å². The molecule has 9 atom stereocenters. The fraction of sp³-hybridized carbons (Fsp3) is 0.941. The zero-order valence-corrected chi connectivity index (χ0v) is 39.9. The maximum atomic E-state index is 13.1. The zero-order chi connectivity index (χ0) is 45.5. The fourth-order valence-electron chi connectivity index (χ4n) is 8.50. The summed E-state index contributed by atoms with van der Waals surface area (Å²) >= 11 is 0. The number of aliphatic hydroxyl groups excluding tert-OH is 7. The molecule has 62 heavy (non-hydrogen) atoms. The van der Waals surface area contributed by atoms with Crippen LogP contribution in [0.4, 0.5) is 0 Å². The van der Waals surface area contributed by atoms with Gasteiger partial charge in [-0.15, -0.1) is 0 Å². The number of amides is 1. The number of unbranched alkanes of at least 4 members (excludes halogenated alkanes) is 30. The molecule has 0 radical (unpaired) electrons. The van der Waals surface area contributed by atoms with Crippen LogP contribution in [-0.2, 0) is 14.3 Å². The molecule has 0 bridgehead atoms. The lowest BCUT2D eigenvalue weighted by Gasteiger charge is -2.40. The minimum atomic E-state index is -1.66. The predicted octanol–water partition coefficient (Wildman–Crippen LogP) is 9.62. The van der Waals surface area contributed by atoms with E-state index in [9.17, 15) is 40.5 Å². The second kappa shape index (κ2) is 41.3. The van der Waals surface area contributed by atoms with Crippen LogP contribution in [-0.4, -0.2) is 110 Å². The molecule has 0 unspecified atom stereocenters. The molecule has 368 valence electrons. The van der Waals surface area contributed by atoms with Gasteiger partial charge in [0.15, 0.2) is 6.29 Å². The summed E-state index contributed by atoms with van der Waals surface area (Å²) in [7, 11) is 0. The summed E-state index contributed by atoms with van der Waals surface area (Å²) in [5, 5.41) is 75.7. The van der Waals surface area contributed by atoms with Gasteiger partial charge in [-0.25, -0.2) is 0 Å². The Balaban J connectivity index is 2.32. The average molecular weight is 886 g/mol. The lowest BCUT2D eigenvalue weighted by molar-refractivity contribution is -0.303. The van der Waals surface area contributed by atoms with E-state index in [0.29, 0.717) is 12.8 Å². The van der Waals surface area contributed by atoms with E-state index >= 15 is 0 Å². The van der Waals surface area contributed by atoms with Crippen molar-refractivity contribution in [2.75, 3.05) is 13.2 Å². The van der Waals surface area contributed by atoms with Crippen molar-refractivity contribution in [3.05, 3.63) is 12.2 Å².